The fourth-order valence-corrected chi connectivity index (χ4v) is 2.92. The predicted octanol–water partition coefficient (Wildman–Crippen LogP) is 2.16. The van der Waals surface area contributed by atoms with Crippen LogP contribution in [0.4, 0.5) is 5.69 Å². The summed E-state index contributed by atoms with van der Waals surface area (Å²) in [5.74, 6) is 0. The molecule has 106 valence electrons. The molecule has 2 N–H and O–H groups in total. The van der Waals surface area contributed by atoms with E-state index in [-0.39, 0.29) is 0 Å². The van der Waals surface area contributed by atoms with E-state index in [1.54, 1.807) is 0 Å². The summed E-state index contributed by atoms with van der Waals surface area (Å²) in [6.07, 6.45) is 1.19. The van der Waals surface area contributed by atoms with Crippen LogP contribution in [-0.4, -0.2) is 43.7 Å². The van der Waals surface area contributed by atoms with Crippen molar-refractivity contribution >= 4 is 5.69 Å². The number of nitrogens with two attached hydrogens (primary N) is 1. The maximum atomic E-state index is 5.97. The molecule has 0 aliphatic carbocycles. The van der Waals surface area contributed by atoms with Crippen molar-refractivity contribution in [2.45, 2.75) is 39.3 Å². The van der Waals surface area contributed by atoms with E-state index in [4.69, 9.17) is 5.73 Å². The Morgan fingerprint density at radius 1 is 1.32 bits per heavy atom. The SMILES string of the molecule is Cc1cccc(N2CCC(C)N(C)C(CN)C2)c1C. The third-order valence-electron chi connectivity index (χ3n) is 4.71. The Labute approximate surface area is 117 Å². The van der Waals surface area contributed by atoms with Crippen molar-refractivity contribution in [2.24, 2.45) is 5.73 Å². The van der Waals surface area contributed by atoms with E-state index in [1.807, 2.05) is 0 Å². The van der Waals surface area contributed by atoms with E-state index in [2.05, 4.69) is 55.8 Å². The standard InChI is InChI=1S/C16H27N3/c1-12-6-5-7-16(14(12)3)19-9-8-13(2)18(4)15(10-17)11-19/h5-7,13,15H,8-11,17H2,1-4H3. The molecule has 1 saturated heterocycles. The van der Waals surface area contributed by atoms with E-state index in [0.29, 0.717) is 12.1 Å². The Morgan fingerprint density at radius 3 is 2.74 bits per heavy atom. The van der Waals surface area contributed by atoms with E-state index in [1.165, 1.54) is 23.2 Å². The predicted molar refractivity (Wildman–Crippen MR) is 82.8 cm³/mol. The average Bonchev–Trinajstić information content (AvgIpc) is 2.54. The summed E-state index contributed by atoms with van der Waals surface area (Å²) in [4.78, 5) is 4.95. The number of aryl methyl sites for hydroxylation is 1. The zero-order valence-corrected chi connectivity index (χ0v) is 12.7. The molecule has 1 aliphatic heterocycles. The van der Waals surface area contributed by atoms with Crippen molar-refractivity contribution in [3.8, 4) is 0 Å². The molecule has 1 aromatic carbocycles. The summed E-state index contributed by atoms with van der Waals surface area (Å²) in [6, 6.07) is 7.63. The molecule has 1 heterocycles. The van der Waals surface area contributed by atoms with E-state index < -0.39 is 0 Å². The average molecular weight is 261 g/mol. The van der Waals surface area contributed by atoms with Gasteiger partial charge >= 0.3 is 0 Å². The Balaban J connectivity index is 2.27. The highest BCUT2D eigenvalue weighted by Gasteiger charge is 2.26. The molecule has 1 fully saturated rings. The lowest BCUT2D eigenvalue weighted by atomic mass is 10.1. The first-order chi connectivity index (χ1) is 9.04. The summed E-state index contributed by atoms with van der Waals surface area (Å²) in [7, 11) is 2.20. The topological polar surface area (TPSA) is 32.5 Å². The van der Waals surface area contributed by atoms with E-state index >= 15 is 0 Å². The van der Waals surface area contributed by atoms with Crippen LogP contribution in [0.1, 0.15) is 24.5 Å². The second-order valence-corrected chi connectivity index (χ2v) is 5.86. The molecule has 0 radical (unpaired) electrons. The van der Waals surface area contributed by atoms with Crippen LogP contribution in [0.3, 0.4) is 0 Å². The summed E-state index contributed by atoms with van der Waals surface area (Å²) in [6.45, 7) is 9.58. The van der Waals surface area contributed by atoms with Gasteiger partial charge in [0.2, 0.25) is 0 Å². The smallest absolute Gasteiger partial charge is 0.0399 e. The van der Waals surface area contributed by atoms with Crippen LogP contribution in [0.25, 0.3) is 0 Å². The highest BCUT2D eigenvalue weighted by atomic mass is 15.3. The fraction of sp³-hybridized carbons (Fsp3) is 0.625. The molecule has 0 saturated carbocycles. The Hall–Kier alpha value is -1.06. The number of benzene rings is 1. The van der Waals surface area contributed by atoms with Crippen LogP contribution < -0.4 is 10.6 Å². The number of anilines is 1. The van der Waals surface area contributed by atoms with Gasteiger partial charge in [-0.25, -0.2) is 0 Å². The van der Waals surface area contributed by atoms with Gasteiger partial charge in [-0.3, -0.25) is 4.90 Å². The molecular formula is C16H27N3. The van der Waals surface area contributed by atoms with Gasteiger partial charge in [0.25, 0.3) is 0 Å². The van der Waals surface area contributed by atoms with Crippen LogP contribution in [0.15, 0.2) is 18.2 Å². The van der Waals surface area contributed by atoms with Crippen LogP contribution in [0, 0.1) is 13.8 Å². The minimum absolute atomic E-state index is 0.442. The molecule has 0 bridgehead atoms. The molecule has 3 heteroatoms. The van der Waals surface area contributed by atoms with Gasteiger partial charge in [0.15, 0.2) is 0 Å². The first-order valence-corrected chi connectivity index (χ1v) is 7.27. The molecular weight excluding hydrogens is 234 g/mol. The summed E-state index contributed by atoms with van der Waals surface area (Å²) >= 11 is 0. The normalized spacial score (nSPS) is 25.4. The molecule has 1 aliphatic rings. The third kappa shape index (κ3) is 2.93. The summed E-state index contributed by atoms with van der Waals surface area (Å²) < 4.78 is 0. The maximum Gasteiger partial charge on any atom is 0.0399 e. The highest BCUT2D eigenvalue weighted by molar-refractivity contribution is 5.56. The van der Waals surface area contributed by atoms with Crippen LogP contribution >= 0.6 is 0 Å². The zero-order valence-electron chi connectivity index (χ0n) is 12.7. The maximum absolute atomic E-state index is 5.97. The molecule has 2 rings (SSSR count). The lowest BCUT2D eigenvalue weighted by Crippen LogP contribution is -2.46. The molecule has 2 unspecified atom stereocenters. The zero-order chi connectivity index (χ0) is 14.0. The Kier molecular flexibility index (Phi) is 4.48. The van der Waals surface area contributed by atoms with Crippen molar-refractivity contribution in [1.29, 1.82) is 0 Å². The van der Waals surface area contributed by atoms with Crippen LogP contribution in [0.2, 0.25) is 0 Å². The monoisotopic (exact) mass is 261 g/mol. The number of nitrogens with zero attached hydrogens (tertiary/aromatic N) is 2. The van der Waals surface area contributed by atoms with Gasteiger partial charge in [-0.05, 0) is 51.4 Å². The van der Waals surface area contributed by atoms with Crippen molar-refractivity contribution in [1.82, 2.24) is 4.90 Å². The van der Waals surface area contributed by atoms with Crippen molar-refractivity contribution in [2.75, 3.05) is 31.6 Å². The fourth-order valence-electron chi connectivity index (χ4n) is 2.92. The second-order valence-electron chi connectivity index (χ2n) is 5.86. The van der Waals surface area contributed by atoms with Gasteiger partial charge in [0.1, 0.15) is 0 Å². The minimum Gasteiger partial charge on any atom is -0.370 e. The molecule has 0 aromatic heterocycles. The lowest BCUT2D eigenvalue weighted by Gasteiger charge is -2.32. The van der Waals surface area contributed by atoms with E-state index in [9.17, 15) is 0 Å². The molecule has 19 heavy (non-hydrogen) atoms. The van der Waals surface area contributed by atoms with Crippen molar-refractivity contribution in [3.05, 3.63) is 29.3 Å². The van der Waals surface area contributed by atoms with Gasteiger partial charge in [0.05, 0.1) is 0 Å². The number of hydrogen-bond donors (Lipinski definition) is 1. The molecule has 0 amide bonds. The number of rotatable bonds is 2. The molecule has 0 spiro atoms. The molecule has 1 aromatic rings. The Morgan fingerprint density at radius 2 is 2.05 bits per heavy atom. The van der Waals surface area contributed by atoms with Gasteiger partial charge in [-0.1, -0.05) is 12.1 Å². The first kappa shape index (κ1) is 14.4. The van der Waals surface area contributed by atoms with Gasteiger partial charge < -0.3 is 10.6 Å². The van der Waals surface area contributed by atoms with Gasteiger partial charge in [-0.2, -0.15) is 0 Å². The third-order valence-corrected chi connectivity index (χ3v) is 4.71. The van der Waals surface area contributed by atoms with Gasteiger partial charge in [0, 0.05) is 37.4 Å². The molecule has 3 nitrogen and oxygen atoms in total. The first-order valence-electron chi connectivity index (χ1n) is 7.27. The number of hydrogen-bond acceptors (Lipinski definition) is 3. The van der Waals surface area contributed by atoms with Crippen LogP contribution in [0.5, 0.6) is 0 Å². The van der Waals surface area contributed by atoms with Crippen LogP contribution in [-0.2, 0) is 0 Å². The second kappa shape index (κ2) is 5.93. The highest BCUT2D eigenvalue weighted by Crippen LogP contribution is 2.26. The number of likely N-dealkylation sites (N-methyl/N-ethyl adjacent to an activating group) is 1. The lowest BCUT2D eigenvalue weighted by molar-refractivity contribution is 0.201. The van der Waals surface area contributed by atoms with E-state index in [0.717, 1.165) is 19.6 Å². The molecule has 2 atom stereocenters. The summed E-state index contributed by atoms with van der Waals surface area (Å²) in [5.41, 5.74) is 10.1. The quantitative estimate of drug-likeness (QED) is 0.885. The minimum atomic E-state index is 0.442. The van der Waals surface area contributed by atoms with Gasteiger partial charge in [-0.15, -0.1) is 0 Å². The summed E-state index contributed by atoms with van der Waals surface area (Å²) in [5, 5.41) is 0. The largest absolute Gasteiger partial charge is 0.370 e. The van der Waals surface area contributed by atoms with Crippen molar-refractivity contribution < 1.29 is 0 Å². The van der Waals surface area contributed by atoms with Crippen molar-refractivity contribution in [3.63, 3.8) is 0 Å². The Bertz CT molecular complexity index is 430.